The number of carbonyl (C=O) groups excluding carboxylic acids is 1. The maximum atomic E-state index is 13.4. The van der Waals surface area contributed by atoms with Crippen LogP contribution in [0, 0.1) is 0 Å². The van der Waals surface area contributed by atoms with Crippen molar-refractivity contribution in [2.75, 3.05) is 6.61 Å². The highest BCUT2D eigenvalue weighted by Crippen LogP contribution is 2.33. The van der Waals surface area contributed by atoms with Gasteiger partial charge in [0.25, 0.3) is 0 Å². The SMILES string of the molecule is CC(C)(C)NCc1ccc2c(c1)OCC[C@H]2NC(=O)CC(NS(=O)(=O)c1ccc(C(C)(C)C)cc1)c1ccccc1. The number of nitrogens with one attached hydrogen (secondary N) is 3. The first-order valence-electron chi connectivity index (χ1n) is 14.2. The Kier molecular flexibility index (Phi) is 9.26. The zero-order valence-corrected chi connectivity index (χ0v) is 25.8. The zero-order chi connectivity index (χ0) is 29.8. The van der Waals surface area contributed by atoms with Gasteiger partial charge >= 0.3 is 0 Å². The van der Waals surface area contributed by atoms with E-state index in [0.29, 0.717) is 13.0 Å². The molecule has 0 spiro atoms. The fourth-order valence-corrected chi connectivity index (χ4v) is 6.03. The van der Waals surface area contributed by atoms with E-state index in [1.54, 1.807) is 12.1 Å². The lowest BCUT2D eigenvalue weighted by Gasteiger charge is -2.28. The van der Waals surface area contributed by atoms with Crippen LogP contribution in [0.15, 0.2) is 77.7 Å². The maximum absolute atomic E-state index is 13.4. The van der Waals surface area contributed by atoms with Crippen molar-refractivity contribution >= 4 is 15.9 Å². The average molecular weight is 578 g/mol. The average Bonchev–Trinajstić information content (AvgIpc) is 2.91. The molecule has 1 aliphatic rings. The number of rotatable bonds is 9. The van der Waals surface area contributed by atoms with Crippen LogP contribution in [0.1, 0.15) is 88.7 Å². The molecule has 3 aromatic rings. The Labute approximate surface area is 245 Å². The molecular weight excluding hydrogens is 534 g/mol. The Balaban J connectivity index is 1.49. The third-order valence-corrected chi connectivity index (χ3v) is 8.68. The lowest BCUT2D eigenvalue weighted by atomic mass is 9.87. The molecule has 1 amide bonds. The van der Waals surface area contributed by atoms with E-state index in [-0.39, 0.29) is 34.2 Å². The van der Waals surface area contributed by atoms with E-state index in [1.807, 2.05) is 54.6 Å². The quantitative estimate of drug-likeness (QED) is 0.293. The summed E-state index contributed by atoms with van der Waals surface area (Å²) in [5, 5.41) is 6.61. The summed E-state index contributed by atoms with van der Waals surface area (Å²) in [7, 11) is -3.87. The van der Waals surface area contributed by atoms with E-state index >= 15 is 0 Å². The molecular formula is C33H43N3O4S. The number of hydrogen-bond donors (Lipinski definition) is 3. The number of benzene rings is 3. The van der Waals surface area contributed by atoms with Crippen LogP contribution >= 0.6 is 0 Å². The molecule has 0 aromatic heterocycles. The first kappa shape index (κ1) is 30.8. The van der Waals surface area contributed by atoms with Gasteiger partial charge in [0, 0.05) is 30.5 Å². The number of sulfonamides is 1. The summed E-state index contributed by atoms with van der Waals surface area (Å²) in [6, 6.07) is 21.3. The van der Waals surface area contributed by atoms with Crippen LogP contribution in [0.2, 0.25) is 0 Å². The van der Waals surface area contributed by atoms with Gasteiger partial charge in [-0.05, 0) is 61.1 Å². The van der Waals surface area contributed by atoms with Gasteiger partial charge in [-0.25, -0.2) is 13.1 Å². The summed E-state index contributed by atoms with van der Waals surface area (Å²) in [4.78, 5) is 13.5. The first-order valence-corrected chi connectivity index (χ1v) is 15.7. The first-order chi connectivity index (χ1) is 19.2. The van der Waals surface area contributed by atoms with Gasteiger partial charge in [-0.3, -0.25) is 4.79 Å². The summed E-state index contributed by atoms with van der Waals surface area (Å²) in [6.45, 7) is 13.8. The van der Waals surface area contributed by atoms with Crippen LogP contribution in [-0.2, 0) is 26.8 Å². The Morgan fingerprint density at radius 1 is 0.951 bits per heavy atom. The van der Waals surface area contributed by atoms with Crippen LogP contribution in [0.4, 0.5) is 0 Å². The van der Waals surface area contributed by atoms with Gasteiger partial charge in [-0.15, -0.1) is 0 Å². The van der Waals surface area contributed by atoms with Crippen molar-refractivity contribution in [1.29, 1.82) is 0 Å². The van der Waals surface area contributed by atoms with Crippen molar-refractivity contribution < 1.29 is 17.9 Å². The highest BCUT2D eigenvalue weighted by atomic mass is 32.2. The minimum Gasteiger partial charge on any atom is -0.493 e. The summed E-state index contributed by atoms with van der Waals surface area (Å²) in [5.74, 6) is 0.537. The fourth-order valence-electron chi connectivity index (χ4n) is 4.80. The molecule has 3 aromatic carbocycles. The third-order valence-electron chi connectivity index (χ3n) is 7.20. The van der Waals surface area contributed by atoms with Crippen LogP contribution in [-0.4, -0.2) is 26.5 Å². The predicted molar refractivity (Wildman–Crippen MR) is 163 cm³/mol. The molecule has 4 rings (SSSR count). The van der Waals surface area contributed by atoms with Gasteiger partial charge in [0.05, 0.1) is 23.6 Å². The van der Waals surface area contributed by atoms with Crippen molar-refractivity contribution in [3.8, 4) is 5.75 Å². The van der Waals surface area contributed by atoms with Crippen LogP contribution in [0.25, 0.3) is 0 Å². The summed E-state index contributed by atoms with van der Waals surface area (Å²) >= 11 is 0. The standard InChI is InChI=1S/C33H43N3O4S/c1-32(2,3)25-13-15-26(16-14-25)41(38,39)36-29(24-10-8-7-9-11-24)21-31(37)35-28-18-19-40-30-20-23(12-17-27(28)30)22-34-33(4,5)6/h7-17,20,28-29,34,36H,18-19,21-22H2,1-6H3,(H,35,37)/t28-,29?/m1/s1. The van der Waals surface area contributed by atoms with Crippen molar-refractivity contribution in [3.63, 3.8) is 0 Å². The van der Waals surface area contributed by atoms with E-state index < -0.39 is 16.1 Å². The smallest absolute Gasteiger partial charge is 0.241 e. The second-order valence-electron chi connectivity index (χ2n) is 12.8. The van der Waals surface area contributed by atoms with Gasteiger partial charge in [-0.1, -0.05) is 75.4 Å². The number of carbonyl (C=O) groups is 1. The summed E-state index contributed by atoms with van der Waals surface area (Å²) < 4.78 is 35.5. The van der Waals surface area contributed by atoms with Gasteiger partial charge in [-0.2, -0.15) is 0 Å². The van der Waals surface area contributed by atoms with Crippen LogP contribution < -0.4 is 20.1 Å². The lowest BCUT2D eigenvalue weighted by molar-refractivity contribution is -0.122. The molecule has 0 fully saturated rings. The maximum Gasteiger partial charge on any atom is 0.241 e. The minimum absolute atomic E-state index is 0.0000419. The molecule has 220 valence electrons. The molecule has 41 heavy (non-hydrogen) atoms. The van der Waals surface area contributed by atoms with Crippen molar-refractivity contribution in [3.05, 3.63) is 95.1 Å². The second-order valence-corrected chi connectivity index (χ2v) is 14.5. The topological polar surface area (TPSA) is 96.5 Å². The molecule has 8 heteroatoms. The van der Waals surface area contributed by atoms with Crippen molar-refractivity contribution in [2.24, 2.45) is 0 Å². The lowest BCUT2D eigenvalue weighted by Crippen LogP contribution is -2.37. The number of fused-ring (bicyclic) bond motifs is 1. The van der Waals surface area contributed by atoms with Gasteiger partial charge in [0.2, 0.25) is 15.9 Å². The molecule has 3 N–H and O–H groups in total. The van der Waals surface area contributed by atoms with Crippen LogP contribution in [0.3, 0.4) is 0 Å². The van der Waals surface area contributed by atoms with Crippen molar-refractivity contribution in [2.45, 2.75) is 88.9 Å². The zero-order valence-electron chi connectivity index (χ0n) is 25.0. The number of amides is 1. The van der Waals surface area contributed by atoms with E-state index in [9.17, 15) is 13.2 Å². The van der Waals surface area contributed by atoms with E-state index in [4.69, 9.17) is 4.74 Å². The van der Waals surface area contributed by atoms with E-state index in [0.717, 1.165) is 34.5 Å². The molecule has 2 atom stereocenters. The second kappa shape index (κ2) is 12.3. The van der Waals surface area contributed by atoms with Crippen LogP contribution in [0.5, 0.6) is 5.75 Å². The van der Waals surface area contributed by atoms with Crippen molar-refractivity contribution in [1.82, 2.24) is 15.4 Å². The largest absolute Gasteiger partial charge is 0.493 e. The Morgan fingerprint density at radius 2 is 1.63 bits per heavy atom. The Bertz CT molecular complexity index is 1440. The molecule has 7 nitrogen and oxygen atoms in total. The predicted octanol–water partition coefficient (Wildman–Crippen LogP) is 5.92. The normalized spacial score (nSPS) is 16.4. The molecule has 1 heterocycles. The minimum atomic E-state index is -3.87. The highest BCUT2D eigenvalue weighted by Gasteiger charge is 2.28. The molecule has 0 aliphatic carbocycles. The van der Waals surface area contributed by atoms with Gasteiger partial charge < -0.3 is 15.4 Å². The van der Waals surface area contributed by atoms with Gasteiger partial charge in [0.1, 0.15) is 5.75 Å². The molecule has 0 saturated carbocycles. The molecule has 1 aliphatic heterocycles. The fraction of sp³-hybridized carbons (Fsp3) is 0.424. The summed E-state index contributed by atoms with van der Waals surface area (Å²) in [6.07, 6.45) is 0.601. The molecule has 0 bridgehead atoms. The molecule has 0 saturated heterocycles. The van der Waals surface area contributed by atoms with E-state index in [1.165, 1.54) is 0 Å². The Hall–Kier alpha value is -3.20. The molecule has 0 radical (unpaired) electrons. The van der Waals surface area contributed by atoms with Gasteiger partial charge in [0.15, 0.2) is 0 Å². The monoisotopic (exact) mass is 577 g/mol. The Morgan fingerprint density at radius 3 is 2.27 bits per heavy atom. The summed E-state index contributed by atoms with van der Waals surface area (Å²) in [5.41, 5.74) is 3.72. The third kappa shape index (κ3) is 8.41. The number of hydrogen-bond acceptors (Lipinski definition) is 5. The highest BCUT2D eigenvalue weighted by molar-refractivity contribution is 7.89. The van der Waals surface area contributed by atoms with E-state index in [2.05, 4.69) is 63.0 Å². The number of ether oxygens (including phenoxy) is 1. The molecule has 1 unspecified atom stereocenters.